The van der Waals surface area contributed by atoms with E-state index in [-0.39, 0.29) is 27.6 Å². The minimum atomic E-state index is -4.22. The number of aliphatic carboxylic acids is 1. The molecule has 28 heavy (non-hydrogen) atoms. The summed E-state index contributed by atoms with van der Waals surface area (Å²) in [7, 11) is -2.03. The molecule has 150 valence electrons. The van der Waals surface area contributed by atoms with Crippen LogP contribution in [0.5, 0.6) is 5.75 Å². The summed E-state index contributed by atoms with van der Waals surface area (Å²) in [5.41, 5.74) is -0.828. The Morgan fingerprint density at radius 2 is 1.68 bits per heavy atom. The lowest BCUT2D eigenvalue weighted by Gasteiger charge is -2.11. The van der Waals surface area contributed by atoms with Crippen LogP contribution in [0.3, 0.4) is 0 Å². The second-order valence-corrected chi connectivity index (χ2v) is 6.88. The number of hydrogen-bond acceptors (Lipinski definition) is 8. The van der Waals surface area contributed by atoms with Gasteiger partial charge in [0.05, 0.1) is 24.8 Å². The first-order valence-electron chi connectivity index (χ1n) is 7.55. The molecule has 12 heteroatoms. The zero-order valence-electron chi connectivity index (χ0n) is 14.7. The molecule has 2 rings (SSSR count). The van der Waals surface area contributed by atoms with E-state index in [1.165, 1.54) is 24.3 Å². The molecule has 11 nitrogen and oxygen atoms in total. The van der Waals surface area contributed by atoms with Crippen LogP contribution in [-0.2, 0) is 24.3 Å². The molecule has 1 aromatic heterocycles. The molecule has 0 amide bonds. The fourth-order valence-corrected chi connectivity index (χ4v) is 3.21. The molecular weight excluding hydrogens is 396 g/mol. The molecule has 3 N–H and O–H groups in total. The lowest BCUT2D eigenvalue weighted by Crippen LogP contribution is -2.18. The molecule has 0 saturated heterocycles. The average molecular weight is 412 g/mol. The monoisotopic (exact) mass is 412 g/mol. The van der Waals surface area contributed by atoms with Crippen LogP contribution in [0.4, 0.5) is 5.69 Å². The molecule has 1 aromatic carbocycles. The number of rotatable bonds is 8. The maximum Gasteiger partial charge on any atom is 0.356 e. The quantitative estimate of drug-likeness (QED) is 0.534. The topological polar surface area (TPSA) is 161 Å². The Labute approximate surface area is 159 Å². The van der Waals surface area contributed by atoms with E-state index in [1.54, 1.807) is 0 Å². The van der Waals surface area contributed by atoms with Crippen LogP contribution in [0.1, 0.15) is 20.8 Å². The number of nitrogens with one attached hydrogen (secondary N) is 2. The highest BCUT2D eigenvalue weighted by molar-refractivity contribution is 7.92. The summed E-state index contributed by atoms with van der Waals surface area (Å²) in [6.45, 7) is -0.585. The Bertz CT molecular complexity index is 960. The van der Waals surface area contributed by atoms with Crippen LogP contribution in [0.15, 0.2) is 35.4 Å². The van der Waals surface area contributed by atoms with E-state index in [9.17, 15) is 22.8 Å². The summed E-state index contributed by atoms with van der Waals surface area (Å²) >= 11 is 0. The number of methoxy groups -OCH3 is 2. The van der Waals surface area contributed by atoms with Gasteiger partial charge in [-0.3, -0.25) is 4.72 Å². The van der Waals surface area contributed by atoms with E-state index in [0.717, 1.165) is 20.4 Å². The number of carbonyl (C=O) groups is 3. The highest BCUT2D eigenvalue weighted by Gasteiger charge is 2.27. The number of aromatic amines is 1. The molecule has 2 aromatic rings. The fraction of sp³-hybridized carbons (Fsp3) is 0.188. The lowest BCUT2D eigenvalue weighted by atomic mass is 10.2. The van der Waals surface area contributed by atoms with Crippen molar-refractivity contribution in [2.24, 2.45) is 0 Å². The van der Waals surface area contributed by atoms with E-state index in [1.807, 2.05) is 0 Å². The van der Waals surface area contributed by atoms with Crippen molar-refractivity contribution in [3.63, 3.8) is 0 Å². The van der Waals surface area contributed by atoms with Crippen LogP contribution in [0.2, 0.25) is 0 Å². The van der Waals surface area contributed by atoms with Gasteiger partial charge in [-0.15, -0.1) is 0 Å². The Hall–Kier alpha value is -3.54. The fourth-order valence-electron chi connectivity index (χ4n) is 2.12. The predicted octanol–water partition coefficient (Wildman–Crippen LogP) is 0.852. The number of benzene rings is 1. The van der Waals surface area contributed by atoms with Crippen molar-refractivity contribution in [2.75, 3.05) is 25.5 Å². The van der Waals surface area contributed by atoms with Crippen LogP contribution >= 0.6 is 0 Å². The van der Waals surface area contributed by atoms with Gasteiger partial charge in [0.1, 0.15) is 17.0 Å². The minimum Gasteiger partial charge on any atom is -0.482 e. The van der Waals surface area contributed by atoms with Gasteiger partial charge in [0, 0.05) is 6.20 Å². The van der Waals surface area contributed by atoms with Gasteiger partial charge in [0.15, 0.2) is 6.61 Å². The van der Waals surface area contributed by atoms with Crippen molar-refractivity contribution in [3.05, 3.63) is 41.7 Å². The molecule has 0 atom stereocenters. The number of esters is 2. The first-order chi connectivity index (χ1) is 13.2. The first-order valence-corrected chi connectivity index (χ1v) is 9.03. The maximum absolute atomic E-state index is 12.6. The molecule has 1 heterocycles. The first kappa shape index (κ1) is 20.8. The molecule has 0 aliphatic rings. The van der Waals surface area contributed by atoms with Crippen molar-refractivity contribution < 1.29 is 42.1 Å². The van der Waals surface area contributed by atoms with Crippen LogP contribution in [0, 0.1) is 0 Å². The van der Waals surface area contributed by atoms with Gasteiger partial charge in [-0.05, 0) is 24.3 Å². The molecule has 0 spiro atoms. The summed E-state index contributed by atoms with van der Waals surface area (Å²) in [5, 5.41) is 8.58. The largest absolute Gasteiger partial charge is 0.482 e. The van der Waals surface area contributed by atoms with Gasteiger partial charge in [-0.1, -0.05) is 0 Å². The van der Waals surface area contributed by atoms with Gasteiger partial charge < -0.3 is 24.3 Å². The third-order valence-corrected chi connectivity index (χ3v) is 4.77. The molecular formula is C16H16N2O9S. The van der Waals surface area contributed by atoms with Crippen LogP contribution in [0.25, 0.3) is 0 Å². The summed E-state index contributed by atoms with van der Waals surface area (Å²) in [4.78, 5) is 36.5. The zero-order chi connectivity index (χ0) is 20.9. The summed E-state index contributed by atoms with van der Waals surface area (Å²) in [6.07, 6.45) is 1.11. The van der Waals surface area contributed by atoms with Gasteiger partial charge in [-0.25, -0.2) is 22.8 Å². The summed E-state index contributed by atoms with van der Waals surface area (Å²) in [5.74, 6) is -2.81. The highest BCUT2D eigenvalue weighted by atomic mass is 32.2. The molecule has 0 saturated carbocycles. The van der Waals surface area contributed by atoms with Crippen LogP contribution < -0.4 is 9.46 Å². The van der Waals surface area contributed by atoms with E-state index >= 15 is 0 Å². The molecule has 0 aliphatic heterocycles. The normalized spacial score (nSPS) is 10.8. The van der Waals surface area contributed by atoms with E-state index < -0.39 is 34.5 Å². The van der Waals surface area contributed by atoms with Gasteiger partial charge >= 0.3 is 17.9 Å². The average Bonchev–Trinajstić information content (AvgIpc) is 3.08. The Balaban J connectivity index is 2.35. The number of carbonyl (C=O) groups excluding carboxylic acids is 2. The third kappa shape index (κ3) is 4.59. The molecule has 0 radical (unpaired) electrons. The summed E-state index contributed by atoms with van der Waals surface area (Å²) in [6, 6.07) is 4.86. The number of carboxylic acids is 1. The Morgan fingerprint density at radius 3 is 2.21 bits per heavy atom. The van der Waals surface area contributed by atoms with Gasteiger partial charge in [-0.2, -0.15) is 0 Å². The lowest BCUT2D eigenvalue weighted by molar-refractivity contribution is -0.139. The minimum absolute atomic E-state index is 0.147. The van der Waals surface area contributed by atoms with Crippen molar-refractivity contribution >= 4 is 33.6 Å². The predicted molar refractivity (Wildman–Crippen MR) is 93.9 cm³/mol. The number of H-pyrrole nitrogens is 1. The second kappa shape index (κ2) is 8.43. The summed E-state index contributed by atoms with van der Waals surface area (Å²) < 4.78 is 41.5. The van der Waals surface area contributed by atoms with Gasteiger partial charge in [0.25, 0.3) is 10.0 Å². The molecule has 0 unspecified atom stereocenters. The Morgan fingerprint density at radius 1 is 1.07 bits per heavy atom. The van der Waals surface area contributed by atoms with E-state index in [4.69, 9.17) is 9.84 Å². The van der Waals surface area contributed by atoms with Crippen molar-refractivity contribution in [2.45, 2.75) is 4.90 Å². The number of anilines is 1. The number of carboxylic acid groups (broad SMARTS) is 1. The standard InChI is InChI=1S/C16H16N2O9S/c1-25-15(21)11-7-17-14(16(22)26-2)13(11)18-28(23,24)10-5-3-9(4-6-10)27-8-12(19)20/h3-7,17-18H,8H2,1-2H3,(H,19,20). The smallest absolute Gasteiger partial charge is 0.356 e. The number of ether oxygens (including phenoxy) is 3. The molecule has 0 fully saturated rings. The zero-order valence-corrected chi connectivity index (χ0v) is 15.5. The highest BCUT2D eigenvalue weighted by Crippen LogP contribution is 2.26. The van der Waals surface area contributed by atoms with Gasteiger partial charge in [0.2, 0.25) is 0 Å². The van der Waals surface area contributed by atoms with E-state index in [2.05, 4.69) is 19.2 Å². The third-order valence-electron chi connectivity index (χ3n) is 3.41. The molecule has 0 bridgehead atoms. The van der Waals surface area contributed by atoms with Crippen molar-refractivity contribution in [1.82, 2.24) is 4.98 Å². The Kier molecular flexibility index (Phi) is 6.26. The second-order valence-electron chi connectivity index (χ2n) is 5.19. The number of aromatic nitrogens is 1. The van der Waals surface area contributed by atoms with E-state index in [0.29, 0.717) is 0 Å². The van der Waals surface area contributed by atoms with Crippen molar-refractivity contribution in [3.8, 4) is 5.75 Å². The maximum atomic E-state index is 12.6. The molecule has 0 aliphatic carbocycles. The SMILES string of the molecule is COC(=O)c1c[nH]c(C(=O)OC)c1NS(=O)(=O)c1ccc(OCC(=O)O)cc1. The number of hydrogen-bond donors (Lipinski definition) is 3. The van der Waals surface area contributed by atoms with Crippen molar-refractivity contribution in [1.29, 1.82) is 0 Å². The number of sulfonamides is 1. The van der Waals surface area contributed by atoms with Crippen LogP contribution in [-0.4, -0.2) is 57.2 Å².